The van der Waals surface area contributed by atoms with Gasteiger partial charge in [-0.2, -0.15) is 0 Å². The van der Waals surface area contributed by atoms with Gasteiger partial charge in [0, 0.05) is 35.6 Å². The van der Waals surface area contributed by atoms with Gasteiger partial charge in [0.05, 0.1) is 11.7 Å². The Morgan fingerprint density at radius 3 is 2.67 bits per heavy atom. The predicted octanol–water partition coefficient (Wildman–Crippen LogP) is 5.17. The molecule has 1 fully saturated rings. The lowest BCUT2D eigenvalue weighted by Crippen LogP contribution is -2.35. The van der Waals surface area contributed by atoms with Crippen LogP contribution in [-0.2, 0) is 0 Å². The number of aryl methyl sites for hydroxylation is 2. The second-order valence-corrected chi connectivity index (χ2v) is 9.18. The smallest absolute Gasteiger partial charge is 0.160 e. The van der Waals surface area contributed by atoms with E-state index in [0.29, 0.717) is 6.04 Å². The van der Waals surface area contributed by atoms with E-state index in [4.69, 9.17) is 4.99 Å². The number of aliphatic imine (C=N–C) groups is 1. The van der Waals surface area contributed by atoms with Crippen molar-refractivity contribution in [2.24, 2.45) is 4.99 Å². The van der Waals surface area contributed by atoms with Crippen LogP contribution in [0.3, 0.4) is 0 Å². The summed E-state index contributed by atoms with van der Waals surface area (Å²) >= 11 is 1.89. The van der Waals surface area contributed by atoms with Crippen LogP contribution in [0, 0.1) is 20.8 Å². The number of fused-ring (bicyclic) bond motifs is 1. The van der Waals surface area contributed by atoms with Gasteiger partial charge >= 0.3 is 0 Å². The Bertz CT molecular complexity index is 1090. The summed E-state index contributed by atoms with van der Waals surface area (Å²) in [4.78, 5) is 17.1. The van der Waals surface area contributed by atoms with Crippen LogP contribution < -0.4 is 0 Å². The molecule has 154 valence electrons. The van der Waals surface area contributed by atoms with Crippen molar-refractivity contribution in [2.75, 3.05) is 5.75 Å². The third-order valence-electron chi connectivity index (χ3n) is 6.24. The zero-order valence-corrected chi connectivity index (χ0v) is 18.7. The van der Waals surface area contributed by atoms with Crippen LogP contribution >= 0.6 is 11.8 Å². The van der Waals surface area contributed by atoms with Crippen LogP contribution in [0.1, 0.15) is 53.6 Å². The van der Waals surface area contributed by atoms with Crippen LogP contribution in [0.4, 0.5) is 0 Å². The van der Waals surface area contributed by atoms with Gasteiger partial charge in [0.15, 0.2) is 5.17 Å². The van der Waals surface area contributed by atoms with Crippen molar-refractivity contribution in [3.63, 3.8) is 0 Å². The second kappa shape index (κ2) is 7.58. The fourth-order valence-electron chi connectivity index (χ4n) is 4.72. The van der Waals surface area contributed by atoms with Crippen LogP contribution in [0.2, 0.25) is 0 Å². The first kappa shape index (κ1) is 19.4. The number of thioether (sulfide) groups is 1. The molecule has 0 spiro atoms. The molecule has 6 heteroatoms. The second-order valence-electron chi connectivity index (χ2n) is 8.19. The van der Waals surface area contributed by atoms with Crippen molar-refractivity contribution >= 4 is 16.9 Å². The molecule has 3 aromatic rings. The number of hydrogen-bond acceptors (Lipinski definition) is 5. The molecule has 5 rings (SSSR count). The standard InChI is InChI=1S/C24H27N5S/c1-5-18-14-30-24-27-22(20-8-6-7-11-25-20)23(29(18)24)19-12-16(3)28(17(19)4)21-10-9-15(2)13-26-21/h6-13,18,22-23H,5,14H2,1-4H3. The highest BCUT2D eigenvalue weighted by molar-refractivity contribution is 8.14. The van der Waals surface area contributed by atoms with E-state index >= 15 is 0 Å². The number of pyridine rings is 2. The average molecular weight is 418 g/mol. The summed E-state index contributed by atoms with van der Waals surface area (Å²) in [6.45, 7) is 8.73. The molecule has 0 amide bonds. The van der Waals surface area contributed by atoms with E-state index in [-0.39, 0.29) is 12.1 Å². The van der Waals surface area contributed by atoms with Gasteiger partial charge in [0.2, 0.25) is 0 Å². The molecule has 3 aromatic heterocycles. The molecule has 5 nitrogen and oxygen atoms in total. The molecule has 2 aliphatic rings. The van der Waals surface area contributed by atoms with E-state index in [9.17, 15) is 0 Å². The van der Waals surface area contributed by atoms with Crippen molar-refractivity contribution in [1.82, 2.24) is 19.4 Å². The van der Waals surface area contributed by atoms with Crippen molar-refractivity contribution in [3.05, 3.63) is 77.0 Å². The van der Waals surface area contributed by atoms with E-state index in [1.165, 1.54) is 27.7 Å². The van der Waals surface area contributed by atoms with Crippen molar-refractivity contribution in [2.45, 2.75) is 52.2 Å². The first-order valence-electron chi connectivity index (χ1n) is 10.6. The summed E-state index contributed by atoms with van der Waals surface area (Å²) in [5.74, 6) is 2.08. The maximum atomic E-state index is 5.16. The summed E-state index contributed by atoms with van der Waals surface area (Å²) in [6.07, 6.45) is 4.93. The first-order chi connectivity index (χ1) is 14.6. The van der Waals surface area contributed by atoms with E-state index in [1.807, 2.05) is 30.2 Å². The number of rotatable bonds is 4. The summed E-state index contributed by atoms with van der Waals surface area (Å²) < 4.78 is 2.27. The van der Waals surface area contributed by atoms with E-state index < -0.39 is 0 Å². The van der Waals surface area contributed by atoms with Gasteiger partial charge in [-0.25, -0.2) is 4.98 Å². The van der Waals surface area contributed by atoms with Crippen molar-refractivity contribution in [1.29, 1.82) is 0 Å². The molecular formula is C24H27N5S. The van der Waals surface area contributed by atoms with E-state index in [1.54, 1.807) is 0 Å². The fraction of sp³-hybridized carbons (Fsp3) is 0.375. The molecule has 0 aromatic carbocycles. The van der Waals surface area contributed by atoms with Gasteiger partial charge in [-0.05, 0) is 62.6 Å². The summed E-state index contributed by atoms with van der Waals surface area (Å²) in [6, 6.07) is 13.4. The lowest BCUT2D eigenvalue weighted by atomic mass is 9.95. The largest absolute Gasteiger partial charge is 0.338 e. The first-order valence-corrected chi connectivity index (χ1v) is 11.6. The molecule has 5 heterocycles. The predicted molar refractivity (Wildman–Crippen MR) is 123 cm³/mol. The van der Waals surface area contributed by atoms with E-state index in [2.05, 4.69) is 77.5 Å². The number of hydrogen-bond donors (Lipinski definition) is 0. The molecular weight excluding hydrogens is 390 g/mol. The van der Waals surface area contributed by atoms with Crippen molar-refractivity contribution < 1.29 is 0 Å². The lowest BCUT2D eigenvalue weighted by molar-refractivity contribution is 0.254. The summed E-state index contributed by atoms with van der Waals surface area (Å²) in [7, 11) is 0. The van der Waals surface area contributed by atoms with Crippen LogP contribution in [0.5, 0.6) is 0 Å². The normalized spacial score (nSPS) is 23.0. The molecule has 0 bridgehead atoms. The van der Waals surface area contributed by atoms with Gasteiger partial charge < -0.3 is 9.47 Å². The minimum atomic E-state index is 0.0166. The highest BCUT2D eigenvalue weighted by Crippen LogP contribution is 2.49. The maximum Gasteiger partial charge on any atom is 0.160 e. The maximum absolute atomic E-state index is 5.16. The molecule has 2 aliphatic heterocycles. The number of amidine groups is 1. The van der Waals surface area contributed by atoms with Gasteiger partial charge in [-0.1, -0.05) is 30.8 Å². The highest BCUT2D eigenvalue weighted by atomic mass is 32.2. The topological polar surface area (TPSA) is 46.3 Å². The van der Waals surface area contributed by atoms with Gasteiger partial charge in [-0.15, -0.1) is 0 Å². The Morgan fingerprint density at radius 2 is 1.97 bits per heavy atom. The lowest BCUT2D eigenvalue weighted by Gasteiger charge is -2.32. The van der Waals surface area contributed by atoms with Gasteiger partial charge in [0.1, 0.15) is 11.9 Å². The zero-order chi connectivity index (χ0) is 20.8. The van der Waals surface area contributed by atoms with Gasteiger partial charge in [0.25, 0.3) is 0 Å². The quantitative estimate of drug-likeness (QED) is 0.587. The monoisotopic (exact) mass is 417 g/mol. The molecule has 0 saturated carbocycles. The third-order valence-corrected chi connectivity index (χ3v) is 7.37. The fourth-order valence-corrected chi connectivity index (χ4v) is 6.06. The minimum Gasteiger partial charge on any atom is -0.338 e. The van der Waals surface area contributed by atoms with Crippen LogP contribution in [0.25, 0.3) is 5.82 Å². The molecule has 0 radical (unpaired) electrons. The number of nitrogens with zero attached hydrogens (tertiary/aromatic N) is 5. The zero-order valence-electron chi connectivity index (χ0n) is 17.9. The molecule has 3 atom stereocenters. The molecule has 1 saturated heterocycles. The molecule has 30 heavy (non-hydrogen) atoms. The van der Waals surface area contributed by atoms with Crippen LogP contribution in [0.15, 0.2) is 53.8 Å². The minimum absolute atomic E-state index is 0.0166. The Morgan fingerprint density at radius 1 is 1.10 bits per heavy atom. The molecule has 3 unspecified atom stereocenters. The Balaban J connectivity index is 1.63. The number of aromatic nitrogens is 3. The highest BCUT2D eigenvalue weighted by Gasteiger charge is 2.46. The van der Waals surface area contributed by atoms with Crippen molar-refractivity contribution in [3.8, 4) is 5.82 Å². The van der Waals surface area contributed by atoms with Crippen LogP contribution in [-0.4, -0.2) is 36.4 Å². The van der Waals surface area contributed by atoms with E-state index in [0.717, 1.165) is 23.7 Å². The van der Waals surface area contributed by atoms with Gasteiger partial charge in [-0.3, -0.25) is 9.98 Å². The SMILES string of the molecule is CCC1CSC2=NC(c3ccccn3)C(c3cc(C)n(-c4ccc(C)cn4)c3C)N21. The summed E-state index contributed by atoms with van der Waals surface area (Å²) in [5, 5.41) is 1.17. The third kappa shape index (κ3) is 3.05. The molecule has 0 aliphatic carbocycles. The molecule has 0 N–H and O–H groups in total. The Kier molecular flexibility index (Phi) is 4.89. The average Bonchev–Trinajstić information content (AvgIpc) is 3.41. The Labute approximate surface area is 182 Å². The summed E-state index contributed by atoms with van der Waals surface area (Å²) in [5.41, 5.74) is 5.97. The Hall–Kier alpha value is -2.60.